The number of carbonyl (C=O) groups excluding carboxylic acids is 1. The molecule has 122 valence electrons. The number of halogens is 3. The van der Waals surface area contributed by atoms with Gasteiger partial charge < -0.3 is 10.1 Å². The van der Waals surface area contributed by atoms with Crippen molar-refractivity contribution in [3.05, 3.63) is 29.8 Å². The summed E-state index contributed by atoms with van der Waals surface area (Å²) >= 11 is 0. The van der Waals surface area contributed by atoms with Crippen LogP contribution >= 0.6 is 0 Å². The third kappa shape index (κ3) is 2.85. The van der Waals surface area contributed by atoms with E-state index in [0.29, 0.717) is 18.4 Å². The predicted molar refractivity (Wildman–Crippen MR) is 74.4 cm³/mol. The van der Waals surface area contributed by atoms with Crippen molar-refractivity contribution in [2.75, 3.05) is 0 Å². The standard InChI is InChI=1S/C16H15F3N2O2/c17-16(18,19)13-11(8-10-4-1-2-5-12(10)23-13)14(22)21-15(9-20)6-3-7-15/h1-2,4-5,11,13H,3,6-8H2,(H,21,22)/t11-,13-/m1/s1. The molecule has 1 aromatic carbocycles. The van der Waals surface area contributed by atoms with Gasteiger partial charge in [0.05, 0.1) is 12.0 Å². The summed E-state index contributed by atoms with van der Waals surface area (Å²) in [4.78, 5) is 12.4. The number of nitrogens with one attached hydrogen (secondary N) is 1. The van der Waals surface area contributed by atoms with Crippen molar-refractivity contribution >= 4 is 5.91 Å². The fourth-order valence-electron chi connectivity index (χ4n) is 3.00. The molecule has 23 heavy (non-hydrogen) atoms. The van der Waals surface area contributed by atoms with Crippen molar-refractivity contribution in [3.8, 4) is 11.8 Å². The lowest BCUT2D eigenvalue weighted by molar-refractivity contribution is -0.214. The molecule has 2 aliphatic rings. The number of hydrogen-bond acceptors (Lipinski definition) is 3. The molecular weight excluding hydrogens is 309 g/mol. The van der Waals surface area contributed by atoms with Crippen molar-refractivity contribution in [1.29, 1.82) is 5.26 Å². The zero-order chi connectivity index (χ0) is 16.7. The highest BCUT2D eigenvalue weighted by Crippen LogP contribution is 2.39. The molecule has 0 radical (unpaired) electrons. The molecule has 1 aromatic rings. The maximum absolute atomic E-state index is 13.3. The Morgan fingerprint density at radius 1 is 1.35 bits per heavy atom. The molecule has 2 atom stereocenters. The van der Waals surface area contributed by atoms with Gasteiger partial charge in [0.1, 0.15) is 11.3 Å². The summed E-state index contributed by atoms with van der Waals surface area (Å²) in [5.41, 5.74) is -0.461. The summed E-state index contributed by atoms with van der Waals surface area (Å²) in [6, 6.07) is 8.39. The van der Waals surface area contributed by atoms with Crippen LogP contribution in [-0.4, -0.2) is 23.7 Å². The van der Waals surface area contributed by atoms with E-state index in [-0.39, 0.29) is 12.2 Å². The Labute approximate surface area is 131 Å². The SMILES string of the molecule is N#CC1(NC(=O)[C@@H]2Cc3ccccc3O[C@H]2C(F)(F)F)CCC1. The molecule has 0 saturated heterocycles. The van der Waals surface area contributed by atoms with Crippen molar-refractivity contribution in [3.63, 3.8) is 0 Å². The highest BCUT2D eigenvalue weighted by molar-refractivity contribution is 5.81. The Bertz CT molecular complexity index is 662. The van der Waals surface area contributed by atoms with E-state index < -0.39 is 29.6 Å². The van der Waals surface area contributed by atoms with E-state index in [1.165, 1.54) is 6.07 Å². The summed E-state index contributed by atoms with van der Waals surface area (Å²) in [6.07, 6.45) is -5.21. The Hall–Kier alpha value is -2.23. The Kier molecular flexibility index (Phi) is 3.71. The first kappa shape index (κ1) is 15.7. The zero-order valence-corrected chi connectivity index (χ0v) is 12.2. The molecule has 4 nitrogen and oxygen atoms in total. The minimum absolute atomic E-state index is 0.0618. The van der Waals surface area contributed by atoms with Gasteiger partial charge in [-0.2, -0.15) is 18.4 Å². The lowest BCUT2D eigenvalue weighted by Gasteiger charge is -2.39. The second-order valence-corrected chi connectivity index (χ2v) is 6.04. The van der Waals surface area contributed by atoms with E-state index >= 15 is 0 Å². The van der Waals surface area contributed by atoms with Gasteiger partial charge in [-0.05, 0) is 37.3 Å². The number of hydrogen-bond donors (Lipinski definition) is 1. The maximum atomic E-state index is 13.3. The number of fused-ring (bicyclic) bond motifs is 1. The summed E-state index contributed by atoms with van der Waals surface area (Å²) in [5.74, 6) is -2.02. The molecule has 0 unspecified atom stereocenters. The van der Waals surface area contributed by atoms with Crippen LogP contribution < -0.4 is 10.1 Å². The molecule has 3 rings (SSSR count). The Morgan fingerprint density at radius 2 is 2.04 bits per heavy atom. The van der Waals surface area contributed by atoms with E-state index in [2.05, 4.69) is 5.32 Å². The molecule has 0 spiro atoms. The summed E-state index contributed by atoms with van der Waals surface area (Å²) in [7, 11) is 0. The van der Waals surface area contributed by atoms with Gasteiger partial charge in [0, 0.05) is 0 Å². The van der Waals surface area contributed by atoms with Gasteiger partial charge in [-0.3, -0.25) is 4.79 Å². The van der Waals surface area contributed by atoms with Crippen LogP contribution in [0.25, 0.3) is 0 Å². The van der Waals surface area contributed by atoms with Crippen LogP contribution in [0.5, 0.6) is 5.75 Å². The fraction of sp³-hybridized carbons (Fsp3) is 0.500. The number of nitriles is 1. The molecule has 1 aliphatic carbocycles. The highest BCUT2D eigenvalue weighted by Gasteiger charge is 2.53. The third-order valence-electron chi connectivity index (χ3n) is 4.47. The van der Waals surface area contributed by atoms with E-state index in [1.807, 2.05) is 6.07 Å². The van der Waals surface area contributed by atoms with Gasteiger partial charge in [-0.25, -0.2) is 0 Å². The molecule has 7 heteroatoms. The normalized spacial score (nSPS) is 25.3. The van der Waals surface area contributed by atoms with Crippen molar-refractivity contribution < 1.29 is 22.7 Å². The van der Waals surface area contributed by atoms with Crippen LogP contribution in [0.2, 0.25) is 0 Å². The molecule has 0 aromatic heterocycles. The number of ether oxygens (including phenoxy) is 1. The van der Waals surface area contributed by atoms with Crippen molar-refractivity contribution in [1.82, 2.24) is 5.32 Å². The zero-order valence-electron chi connectivity index (χ0n) is 12.2. The second kappa shape index (κ2) is 5.44. The number of benzene rings is 1. The van der Waals surface area contributed by atoms with Crippen LogP contribution in [0.1, 0.15) is 24.8 Å². The Morgan fingerprint density at radius 3 is 2.61 bits per heavy atom. The van der Waals surface area contributed by atoms with Gasteiger partial charge >= 0.3 is 6.18 Å². The fourth-order valence-corrected chi connectivity index (χ4v) is 3.00. The van der Waals surface area contributed by atoms with Crippen LogP contribution in [0, 0.1) is 17.2 Å². The van der Waals surface area contributed by atoms with E-state index in [9.17, 15) is 18.0 Å². The second-order valence-electron chi connectivity index (χ2n) is 6.04. The summed E-state index contributed by atoms with van der Waals surface area (Å²) < 4.78 is 44.9. The lowest BCUT2D eigenvalue weighted by Crippen LogP contribution is -2.58. The average molecular weight is 324 g/mol. The monoisotopic (exact) mass is 324 g/mol. The maximum Gasteiger partial charge on any atom is 0.426 e. The topological polar surface area (TPSA) is 62.1 Å². The minimum atomic E-state index is -4.66. The van der Waals surface area contributed by atoms with Crippen molar-refractivity contribution in [2.45, 2.75) is 43.5 Å². The summed E-state index contributed by atoms with van der Waals surface area (Å²) in [5, 5.41) is 11.7. The van der Waals surface area contributed by atoms with Crippen LogP contribution in [-0.2, 0) is 11.2 Å². The molecule has 1 aliphatic heterocycles. The van der Waals surface area contributed by atoms with Gasteiger partial charge in [-0.1, -0.05) is 18.2 Å². The van der Waals surface area contributed by atoms with Gasteiger partial charge in [0.2, 0.25) is 12.0 Å². The number of para-hydroxylation sites is 1. The molecule has 0 bridgehead atoms. The predicted octanol–water partition coefficient (Wildman–Crippen LogP) is 2.73. The van der Waals surface area contributed by atoms with E-state index in [1.54, 1.807) is 18.2 Å². The quantitative estimate of drug-likeness (QED) is 0.910. The number of alkyl halides is 3. The smallest absolute Gasteiger partial charge is 0.426 e. The molecular formula is C16H15F3N2O2. The molecule has 1 saturated carbocycles. The molecule has 1 N–H and O–H groups in total. The van der Waals surface area contributed by atoms with Gasteiger partial charge in [0.15, 0.2) is 0 Å². The third-order valence-corrected chi connectivity index (χ3v) is 4.47. The minimum Gasteiger partial charge on any atom is -0.480 e. The Balaban J connectivity index is 1.86. The number of amides is 1. The number of rotatable bonds is 2. The van der Waals surface area contributed by atoms with E-state index in [0.717, 1.165) is 6.42 Å². The number of carbonyl (C=O) groups is 1. The molecule has 1 fully saturated rings. The number of nitrogens with zero attached hydrogens (tertiary/aromatic N) is 1. The molecule has 1 amide bonds. The summed E-state index contributed by atoms with van der Waals surface area (Å²) in [6.45, 7) is 0. The average Bonchev–Trinajstić information content (AvgIpc) is 2.48. The molecule has 1 heterocycles. The van der Waals surface area contributed by atoms with Gasteiger partial charge in [-0.15, -0.1) is 0 Å². The van der Waals surface area contributed by atoms with Crippen molar-refractivity contribution in [2.24, 2.45) is 5.92 Å². The van der Waals surface area contributed by atoms with Crippen LogP contribution in [0.15, 0.2) is 24.3 Å². The van der Waals surface area contributed by atoms with Crippen LogP contribution in [0.4, 0.5) is 13.2 Å². The van der Waals surface area contributed by atoms with Crippen LogP contribution in [0.3, 0.4) is 0 Å². The first-order valence-corrected chi connectivity index (χ1v) is 7.39. The first-order valence-electron chi connectivity index (χ1n) is 7.39. The largest absolute Gasteiger partial charge is 0.480 e. The highest BCUT2D eigenvalue weighted by atomic mass is 19.4. The lowest BCUT2D eigenvalue weighted by atomic mass is 9.77. The van der Waals surface area contributed by atoms with Gasteiger partial charge in [0.25, 0.3) is 0 Å². The first-order chi connectivity index (χ1) is 10.8. The van der Waals surface area contributed by atoms with E-state index in [4.69, 9.17) is 10.00 Å².